The van der Waals surface area contributed by atoms with Crippen molar-refractivity contribution in [2.75, 3.05) is 37.7 Å². The van der Waals surface area contributed by atoms with Crippen molar-refractivity contribution in [1.82, 2.24) is 10.1 Å². The Balaban J connectivity index is 1.50. The van der Waals surface area contributed by atoms with Gasteiger partial charge in [0.15, 0.2) is 23.8 Å². The first-order valence-electron chi connectivity index (χ1n) is 10.3. The molecule has 182 valence electrons. The quantitative estimate of drug-likeness (QED) is 0.568. The van der Waals surface area contributed by atoms with Crippen LogP contribution in [0.2, 0.25) is 0 Å². The monoisotopic (exact) mass is 483 g/mol. The van der Waals surface area contributed by atoms with E-state index in [0.29, 0.717) is 6.07 Å². The molecule has 0 aliphatic carbocycles. The Morgan fingerprint density at radius 2 is 2.12 bits per heavy atom. The first-order chi connectivity index (χ1) is 16.3. The molecular formula is C21H20F3N3O7. The number of nitrogens with zero attached hydrogens (tertiary/aromatic N) is 3. The van der Waals surface area contributed by atoms with Gasteiger partial charge in [-0.15, -0.1) is 0 Å². The lowest BCUT2D eigenvalue weighted by atomic mass is 9.97. The molecule has 2 N–H and O–H groups in total. The molecular weight excluding hydrogens is 463 g/mol. The molecule has 0 bridgehead atoms. The molecule has 1 aromatic carbocycles. The highest BCUT2D eigenvalue weighted by Gasteiger charge is 2.37. The van der Waals surface area contributed by atoms with Crippen LogP contribution in [-0.2, 0) is 9.53 Å². The van der Waals surface area contributed by atoms with E-state index < -0.39 is 59.5 Å². The van der Waals surface area contributed by atoms with Gasteiger partial charge >= 0.3 is 6.09 Å². The Hall–Kier alpha value is -3.58. The van der Waals surface area contributed by atoms with Crippen molar-refractivity contribution in [1.29, 1.82) is 0 Å². The lowest BCUT2D eigenvalue weighted by Gasteiger charge is -2.28. The SMILES string of the molecule is O=C([C@@H](O)CO)N1CC=C(c2c(F)cc(N3C[C@H](COc4ccon4)OC3=O)c(F)c2F)CC1. The molecule has 3 heterocycles. The molecule has 2 amide bonds. The second kappa shape index (κ2) is 9.73. The Morgan fingerprint density at radius 1 is 1.32 bits per heavy atom. The molecule has 1 saturated heterocycles. The summed E-state index contributed by atoms with van der Waals surface area (Å²) < 4.78 is 59.7. The molecule has 0 saturated carbocycles. The number of carbonyl (C=O) groups is 2. The number of cyclic esters (lactones) is 1. The van der Waals surface area contributed by atoms with Crippen molar-refractivity contribution in [3.8, 4) is 5.88 Å². The van der Waals surface area contributed by atoms with E-state index in [-0.39, 0.29) is 44.1 Å². The van der Waals surface area contributed by atoms with E-state index in [2.05, 4.69) is 9.68 Å². The topological polar surface area (TPSA) is 126 Å². The summed E-state index contributed by atoms with van der Waals surface area (Å²) >= 11 is 0. The summed E-state index contributed by atoms with van der Waals surface area (Å²) in [6.45, 7) is -1.17. The highest BCUT2D eigenvalue weighted by Crippen LogP contribution is 2.35. The fourth-order valence-corrected chi connectivity index (χ4v) is 3.72. The number of carbonyl (C=O) groups excluding carboxylic acids is 2. The van der Waals surface area contributed by atoms with Crippen LogP contribution >= 0.6 is 0 Å². The van der Waals surface area contributed by atoms with Gasteiger partial charge in [-0.2, -0.15) is 0 Å². The predicted octanol–water partition coefficient (Wildman–Crippen LogP) is 1.47. The summed E-state index contributed by atoms with van der Waals surface area (Å²) in [5.74, 6) is -4.58. The van der Waals surface area contributed by atoms with Gasteiger partial charge in [0, 0.05) is 25.2 Å². The van der Waals surface area contributed by atoms with Gasteiger partial charge in [0.2, 0.25) is 0 Å². The molecule has 2 atom stereocenters. The molecule has 2 aliphatic heterocycles. The van der Waals surface area contributed by atoms with E-state index >= 15 is 0 Å². The van der Waals surface area contributed by atoms with Crippen LogP contribution in [0.15, 0.2) is 29.0 Å². The molecule has 0 spiro atoms. The number of aromatic nitrogens is 1. The van der Waals surface area contributed by atoms with Crippen molar-refractivity contribution in [2.24, 2.45) is 0 Å². The van der Waals surface area contributed by atoms with Gasteiger partial charge in [-0.3, -0.25) is 9.69 Å². The Bertz CT molecular complexity index is 1110. The maximum absolute atomic E-state index is 14.9. The highest BCUT2D eigenvalue weighted by atomic mass is 19.2. The molecule has 34 heavy (non-hydrogen) atoms. The van der Waals surface area contributed by atoms with Gasteiger partial charge in [0.1, 0.15) is 18.7 Å². The zero-order chi connectivity index (χ0) is 24.4. The normalized spacial score (nSPS) is 19.1. The number of ether oxygens (including phenoxy) is 2. The molecule has 0 radical (unpaired) electrons. The summed E-state index contributed by atoms with van der Waals surface area (Å²) in [5, 5.41) is 21.9. The number of aliphatic hydroxyl groups is 2. The lowest BCUT2D eigenvalue weighted by Crippen LogP contribution is -2.42. The number of hydrogen-bond donors (Lipinski definition) is 2. The van der Waals surface area contributed by atoms with Crippen LogP contribution < -0.4 is 9.64 Å². The summed E-state index contributed by atoms with van der Waals surface area (Å²) in [4.78, 5) is 26.1. The number of rotatable bonds is 7. The molecule has 0 unspecified atom stereocenters. The van der Waals surface area contributed by atoms with Crippen molar-refractivity contribution < 1.29 is 47.0 Å². The second-order valence-corrected chi connectivity index (χ2v) is 7.61. The highest BCUT2D eigenvalue weighted by molar-refractivity contribution is 5.90. The Kier molecular flexibility index (Phi) is 6.75. The summed E-state index contributed by atoms with van der Waals surface area (Å²) in [5.41, 5.74) is -1.09. The smallest absolute Gasteiger partial charge is 0.414 e. The zero-order valence-corrected chi connectivity index (χ0v) is 17.6. The van der Waals surface area contributed by atoms with E-state index in [9.17, 15) is 27.9 Å². The Labute approximate surface area is 190 Å². The van der Waals surface area contributed by atoms with E-state index in [1.165, 1.54) is 23.3 Å². The lowest BCUT2D eigenvalue weighted by molar-refractivity contribution is -0.141. The molecule has 4 rings (SSSR count). The molecule has 1 aromatic heterocycles. The van der Waals surface area contributed by atoms with Gasteiger partial charge < -0.3 is 29.1 Å². The molecule has 13 heteroatoms. The molecule has 2 aromatic rings. The number of anilines is 1. The van der Waals surface area contributed by atoms with Crippen molar-refractivity contribution >= 4 is 23.3 Å². The summed E-state index contributed by atoms with van der Waals surface area (Å²) in [6, 6.07) is 2.14. The first kappa shape index (κ1) is 23.6. The van der Waals surface area contributed by atoms with Gasteiger partial charge in [0.25, 0.3) is 11.8 Å². The first-order valence-corrected chi connectivity index (χ1v) is 10.3. The van der Waals surface area contributed by atoms with Crippen LogP contribution in [-0.4, -0.2) is 77.3 Å². The standard InChI is InChI=1S/C21H20F3N3O7/c22-13-7-14(27-8-12(34-21(27)31)10-32-16-3-6-33-25-16)18(23)19(24)17(13)11-1-4-26(5-2-11)20(30)15(29)9-28/h1,3,6-7,12,15,28-29H,2,4-5,8-10H2/t12-,15+/m1/s1. The molecule has 1 fully saturated rings. The minimum atomic E-state index is -1.59. The molecule has 10 nitrogen and oxygen atoms in total. The van der Waals surface area contributed by atoms with E-state index in [4.69, 9.17) is 14.6 Å². The van der Waals surface area contributed by atoms with Crippen LogP contribution in [0.4, 0.5) is 23.7 Å². The van der Waals surface area contributed by atoms with E-state index in [0.717, 1.165) is 4.90 Å². The van der Waals surface area contributed by atoms with Crippen molar-refractivity contribution in [2.45, 2.75) is 18.6 Å². The average Bonchev–Trinajstić information content (AvgIpc) is 3.49. The van der Waals surface area contributed by atoms with Gasteiger partial charge in [-0.1, -0.05) is 6.08 Å². The van der Waals surface area contributed by atoms with Crippen molar-refractivity contribution in [3.05, 3.63) is 47.5 Å². The van der Waals surface area contributed by atoms with Crippen LogP contribution in [0.1, 0.15) is 12.0 Å². The zero-order valence-electron chi connectivity index (χ0n) is 17.6. The van der Waals surface area contributed by atoms with E-state index in [1.807, 2.05) is 0 Å². The number of halogens is 3. The Morgan fingerprint density at radius 3 is 2.76 bits per heavy atom. The molecule has 2 aliphatic rings. The fourth-order valence-electron chi connectivity index (χ4n) is 3.72. The van der Waals surface area contributed by atoms with Crippen LogP contribution in [0.5, 0.6) is 5.88 Å². The van der Waals surface area contributed by atoms with Crippen LogP contribution in [0.25, 0.3) is 5.57 Å². The number of hydrogen-bond acceptors (Lipinski definition) is 8. The second-order valence-electron chi connectivity index (χ2n) is 7.61. The van der Waals surface area contributed by atoms with Gasteiger partial charge in [-0.25, -0.2) is 18.0 Å². The van der Waals surface area contributed by atoms with Gasteiger partial charge in [0.05, 0.1) is 24.4 Å². The third-order valence-electron chi connectivity index (χ3n) is 5.44. The third kappa shape index (κ3) is 4.56. The summed E-state index contributed by atoms with van der Waals surface area (Å²) in [6.07, 6.45) is -0.816. The third-order valence-corrected chi connectivity index (χ3v) is 5.44. The maximum Gasteiger partial charge on any atom is 0.414 e. The van der Waals surface area contributed by atoms with E-state index in [1.54, 1.807) is 0 Å². The number of benzene rings is 1. The van der Waals surface area contributed by atoms with Crippen LogP contribution in [0, 0.1) is 17.5 Å². The fraction of sp³-hybridized carbons (Fsp3) is 0.381. The summed E-state index contributed by atoms with van der Waals surface area (Å²) in [7, 11) is 0. The minimum Gasteiger partial charge on any atom is -0.471 e. The number of aliphatic hydroxyl groups excluding tert-OH is 2. The number of amides is 2. The average molecular weight is 483 g/mol. The van der Waals surface area contributed by atoms with Crippen molar-refractivity contribution in [3.63, 3.8) is 0 Å². The van der Waals surface area contributed by atoms with Gasteiger partial charge in [-0.05, 0) is 17.2 Å². The van der Waals surface area contributed by atoms with Crippen LogP contribution in [0.3, 0.4) is 0 Å². The minimum absolute atomic E-state index is 0.00955. The maximum atomic E-state index is 14.9. The largest absolute Gasteiger partial charge is 0.471 e. The predicted molar refractivity (Wildman–Crippen MR) is 108 cm³/mol.